The minimum Gasteiger partial charge on any atom is -0.339 e. The molecule has 0 fully saturated rings. The number of nitrogens with zero attached hydrogens (tertiary/aromatic N) is 2. The standard InChI is InChI=1S/C19H24N4O2/c1-4-23(5-2)18(24)16-10-6-7-11-17(16)22-19(25)21-14(3)15-9-8-12-20-13-15/h6-14H,4-5H2,1-3H3,(H2,21,22,25)/t14-/m0/s1. The van der Waals surface area contributed by atoms with Gasteiger partial charge in [-0.15, -0.1) is 0 Å². The zero-order chi connectivity index (χ0) is 18.2. The smallest absolute Gasteiger partial charge is 0.319 e. The van der Waals surface area contributed by atoms with Crippen molar-refractivity contribution >= 4 is 17.6 Å². The van der Waals surface area contributed by atoms with Crippen LogP contribution in [0.1, 0.15) is 42.7 Å². The SMILES string of the molecule is CCN(CC)C(=O)c1ccccc1NC(=O)N[C@@H](C)c1cccnc1. The van der Waals surface area contributed by atoms with Gasteiger partial charge in [0.1, 0.15) is 0 Å². The van der Waals surface area contributed by atoms with Crippen LogP contribution in [0.4, 0.5) is 10.5 Å². The zero-order valence-corrected chi connectivity index (χ0v) is 14.8. The Kier molecular flexibility index (Phi) is 6.51. The highest BCUT2D eigenvalue weighted by atomic mass is 16.2. The molecule has 0 bridgehead atoms. The van der Waals surface area contributed by atoms with E-state index in [4.69, 9.17) is 0 Å². The Hall–Kier alpha value is -2.89. The van der Waals surface area contributed by atoms with Gasteiger partial charge in [-0.1, -0.05) is 18.2 Å². The quantitative estimate of drug-likeness (QED) is 0.846. The van der Waals surface area contributed by atoms with Crippen LogP contribution in [0.3, 0.4) is 0 Å². The zero-order valence-electron chi connectivity index (χ0n) is 14.8. The molecule has 6 heteroatoms. The van der Waals surface area contributed by atoms with E-state index in [1.165, 1.54) is 0 Å². The van der Waals surface area contributed by atoms with Gasteiger partial charge in [0.15, 0.2) is 0 Å². The number of hydrogen-bond acceptors (Lipinski definition) is 3. The lowest BCUT2D eigenvalue weighted by Crippen LogP contribution is -2.34. The van der Waals surface area contributed by atoms with Crippen molar-refractivity contribution in [2.24, 2.45) is 0 Å². The summed E-state index contributed by atoms with van der Waals surface area (Å²) in [5.41, 5.74) is 1.89. The average molecular weight is 340 g/mol. The maximum absolute atomic E-state index is 12.6. The second-order valence-electron chi connectivity index (χ2n) is 5.63. The van der Waals surface area contributed by atoms with Gasteiger partial charge >= 0.3 is 6.03 Å². The maximum atomic E-state index is 12.6. The van der Waals surface area contributed by atoms with Gasteiger partial charge in [0.2, 0.25) is 0 Å². The number of nitrogens with one attached hydrogen (secondary N) is 2. The van der Waals surface area contributed by atoms with Gasteiger partial charge in [0.25, 0.3) is 5.91 Å². The van der Waals surface area contributed by atoms with E-state index in [1.807, 2.05) is 32.9 Å². The summed E-state index contributed by atoms with van der Waals surface area (Å²) in [7, 11) is 0. The van der Waals surface area contributed by atoms with Crippen molar-refractivity contribution in [3.05, 3.63) is 59.9 Å². The highest BCUT2D eigenvalue weighted by molar-refractivity contribution is 6.03. The molecule has 0 radical (unpaired) electrons. The van der Waals surface area contributed by atoms with Gasteiger partial charge in [0, 0.05) is 25.5 Å². The van der Waals surface area contributed by atoms with E-state index in [-0.39, 0.29) is 18.0 Å². The Morgan fingerprint density at radius 2 is 1.84 bits per heavy atom. The lowest BCUT2D eigenvalue weighted by molar-refractivity contribution is 0.0774. The van der Waals surface area contributed by atoms with Gasteiger partial charge in [-0.2, -0.15) is 0 Å². The number of anilines is 1. The number of rotatable bonds is 6. The van der Waals surface area contributed by atoms with E-state index in [9.17, 15) is 9.59 Å². The molecule has 0 aliphatic rings. The van der Waals surface area contributed by atoms with Crippen molar-refractivity contribution < 1.29 is 9.59 Å². The fourth-order valence-corrected chi connectivity index (χ4v) is 2.53. The minimum atomic E-state index is -0.365. The Bertz CT molecular complexity index is 714. The number of aromatic nitrogens is 1. The molecule has 25 heavy (non-hydrogen) atoms. The number of pyridine rings is 1. The van der Waals surface area contributed by atoms with Crippen LogP contribution in [0.2, 0.25) is 0 Å². The molecule has 2 aromatic rings. The third kappa shape index (κ3) is 4.79. The van der Waals surface area contributed by atoms with Crippen LogP contribution in [0.5, 0.6) is 0 Å². The maximum Gasteiger partial charge on any atom is 0.319 e. The third-order valence-electron chi connectivity index (χ3n) is 3.99. The molecule has 2 rings (SSSR count). The second kappa shape index (κ2) is 8.82. The fraction of sp³-hybridized carbons (Fsp3) is 0.316. The Labute approximate surface area is 148 Å². The van der Waals surface area contributed by atoms with Gasteiger partial charge in [0.05, 0.1) is 17.3 Å². The topological polar surface area (TPSA) is 74.3 Å². The number of hydrogen-bond donors (Lipinski definition) is 2. The highest BCUT2D eigenvalue weighted by Crippen LogP contribution is 2.18. The van der Waals surface area contributed by atoms with Crippen molar-refractivity contribution in [2.75, 3.05) is 18.4 Å². The summed E-state index contributed by atoms with van der Waals surface area (Å²) >= 11 is 0. The van der Waals surface area contributed by atoms with Crippen molar-refractivity contribution in [2.45, 2.75) is 26.8 Å². The monoisotopic (exact) mass is 340 g/mol. The summed E-state index contributed by atoms with van der Waals surface area (Å²) in [6, 6.07) is 10.2. The fourth-order valence-electron chi connectivity index (χ4n) is 2.53. The predicted octanol–water partition coefficient (Wildman–Crippen LogP) is 3.45. The summed E-state index contributed by atoms with van der Waals surface area (Å²) in [5.74, 6) is -0.0961. The lowest BCUT2D eigenvalue weighted by atomic mass is 10.1. The Balaban J connectivity index is 2.10. The summed E-state index contributed by atoms with van der Waals surface area (Å²) in [6.07, 6.45) is 3.40. The van der Waals surface area contributed by atoms with Crippen molar-refractivity contribution in [1.82, 2.24) is 15.2 Å². The van der Waals surface area contributed by atoms with Crippen molar-refractivity contribution in [1.29, 1.82) is 0 Å². The molecule has 0 saturated carbocycles. The number of carbonyl (C=O) groups excluding carboxylic acids is 2. The van der Waals surface area contributed by atoms with Crippen LogP contribution in [0, 0.1) is 0 Å². The van der Waals surface area contributed by atoms with Crippen LogP contribution in [0.15, 0.2) is 48.8 Å². The molecular weight excluding hydrogens is 316 g/mol. The van der Waals surface area contributed by atoms with E-state index in [1.54, 1.807) is 41.6 Å². The molecule has 0 aliphatic carbocycles. The molecular formula is C19H24N4O2. The summed E-state index contributed by atoms with van der Waals surface area (Å²) in [5, 5.41) is 5.63. The Morgan fingerprint density at radius 1 is 1.12 bits per heavy atom. The number of amides is 3. The van der Waals surface area contributed by atoms with Gasteiger partial charge < -0.3 is 15.5 Å². The molecule has 6 nitrogen and oxygen atoms in total. The first kappa shape index (κ1) is 18.4. The van der Waals surface area contributed by atoms with Gasteiger partial charge in [-0.25, -0.2) is 4.79 Å². The summed E-state index contributed by atoms with van der Waals surface area (Å²) < 4.78 is 0. The van der Waals surface area contributed by atoms with Crippen molar-refractivity contribution in [3.63, 3.8) is 0 Å². The van der Waals surface area contributed by atoms with Crippen LogP contribution < -0.4 is 10.6 Å². The summed E-state index contributed by atoms with van der Waals surface area (Å²) in [6.45, 7) is 6.98. The number of urea groups is 1. The van der Waals surface area contributed by atoms with E-state index in [0.717, 1.165) is 5.56 Å². The molecule has 0 unspecified atom stereocenters. The number of benzene rings is 1. The van der Waals surface area contributed by atoms with E-state index >= 15 is 0 Å². The van der Waals surface area contributed by atoms with Crippen LogP contribution in [0.25, 0.3) is 0 Å². The minimum absolute atomic E-state index is 0.0961. The molecule has 132 valence electrons. The molecule has 0 saturated heterocycles. The predicted molar refractivity (Wildman–Crippen MR) is 98.5 cm³/mol. The summed E-state index contributed by atoms with van der Waals surface area (Å²) in [4.78, 5) is 30.7. The van der Waals surface area contributed by atoms with Crippen LogP contribution in [-0.4, -0.2) is 34.9 Å². The third-order valence-corrected chi connectivity index (χ3v) is 3.99. The first-order chi connectivity index (χ1) is 12.1. The Morgan fingerprint density at radius 3 is 2.48 bits per heavy atom. The molecule has 1 aromatic heterocycles. The van der Waals surface area contributed by atoms with Crippen LogP contribution in [-0.2, 0) is 0 Å². The first-order valence-electron chi connectivity index (χ1n) is 8.42. The molecule has 3 amide bonds. The normalized spacial score (nSPS) is 11.5. The van der Waals surface area contributed by atoms with Gasteiger partial charge in [-0.3, -0.25) is 9.78 Å². The molecule has 2 N–H and O–H groups in total. The molecule has 0 spiro atoms. The van der Waals surface area contributed by atoms with Crippen LogP contribution >= 0.6 is 0 Å². The van der Waals surface area contributed by atoms with E-state index < -0.39 is 0 Å². The number of carbonyl (C=O) groups is 2. The molecule has 1 aromatic carbocycles. The van der Waals surface area contributed by atoms with Gasteiger partial charge in [-0.05, 0) is 44.5 Å². The molecule has 0 aliphatic heterocycles. The molecule has 1 heterocycles. The average Bonchev–Trinajstić information content (AvgIpc) is 2.63. The van der Waals surface area contributed by atoms with E-state index in [0.29, 0.717) is 24.3 Å². The first-order valence-corrected chi connectivity index (χ1v) is 8.42. The lowest BCUT2D eigenvalue weighted by Gasteiger charge is -2.21. The largest absolute Gasteiger partial charge is 0.339 e. The molecule has 1 atom stereocenters. The second-order valence-corrected chi connectivity index (χ2v) is 5.63. The van der Waals surface area contributed by atoms with E-state index in [2.05, 4.69) is 15.6 Å². The highest BCUT2D eigenvalue weighted by Gasteiger charge is 2.18. The number of para-hydroxylation sites is 1. The van der Waals surface area contributed by atoms with Crippen molar-refractivity contribution in [3.8, 4) is 0 Å².